The van der Waals surface area contributed by atoms with E-state index in [0.717, 1.165) is 38.7 Å². The molecule has 0 radical (unpaired) electrons. The zero-order chi connectivity index (χ0) is 23.5. The number of aromatic nitrogens is 1. The minimum absolute atomic E-state index is 0.126. The molecule has 3 amide bonds. The first-order chi connectivity index (χ1) is 15.7. The van der Waals surface area contributed by atoms with Crippen LogP contribution in [0, 0.1) is 0 Å². The molecule has 7 nitrogen and oxygen atoms in total. The van der Waals surface area contributed by atoms with Crippen molar-refractivity contribution in [1.29, 1.82) is 0 Å². The van der Waals surface area contributed by atoms with E-state index in [-0.39, 0.29) is 17.7 Å². The van der Waals surface area contributed by atoms with E-state index in [0.29, 0.717) is 19.4 Å². The SMILES string of the molecule is CN(C)CCCN1C(=O)N2[C@H](c3cccc(O)c3)c3[nH]c4ccc(Br)cc4c3C[C@@]2(C)C1=O. The van der Waals surface area contributed by atoms with Gasteiger partial charge < -0.3 is 15.0 Å². The Balaban J connectivity index is 1.67. The zero-order valence-electron chi connectivity index (χ0n) is 18.9. The van der Waals surface area contributed by atoms with Crippen LogP contribution in [0.15, 0.2) is 46.9 Å². The summed E-state index contributed by atoms with van der Waals surface area (Å²) < 4.78 is 0.956. The maximum atomic E-state index is 13.7. The Bertz CT molecular complexity index is 1270. The number of aromatic hydroxyl groups is 1. The number of halogens is 1. The zero-order valence-corrected chi connectivity index (χ0v) is 20.5. The summed E-state index contributed by atoms with van der Waals surface area (Å²) in [5.41, 5.74) is 2.65. The Hall–Kier alpha value is -2.84. The average Bonchev–Trinajstić information content (AvgIpc) is 3.19. The van der Waals surface area contributed by atoms with Crippen molar-refractivity contribution in [2.75, 3.05) is 27.2 Å². The van der Waals surface area contributed by atoms with Gasteiger partial charge in [-0.05, 0) is 75.4 Å². The predicted octanol–water partition coefficient (Wildman–Crippen LogP) is 4.26. The standard InChI is InChI=1S/C25H27BrN4O3/c1-25-14-19-18-13-16(26)8-9-20(18)27-21(19)22(15-6-4-7-17(31)12-15)30(25)24(33)29(23(25)32)11-5-10-28(2)3/h4,6-9,12-13,22,27,31H,5,10-11,14H2,1-3H3/t22-,25+/m1/s1. The van der Waals surface area contributed by atoms with Crippen molar-refractivity contribution < 1.29 is 14.7 Å². The van der Waals surface area contributed by atoms with E-state index in [4.69, 9.17) is 0 Å². The molecule has 0 aliphatic carbocycles. The highest BCUT2D eigenvalue weighted by atomic mass is 79.9. The van der Waals surface area contributed by atoms with Gasteiger partial charge in [0.2, 0.25) is 0 Å². The van der Waals surface area contributed by atoms with Gasteiger partial charge in [0.15, 0.2) is 0 Å². The first-order valence-corrected chi connectivity index (χ1v) is 11.9. The van der Waals surface area contributed by atoms with Crippen LogP contribution in [0.25, 0.3) is 10.9 Å². The highest BCUT2D eigenvalue weighted by Crippen LogP contribution is 2.49. The van der Waals surface area contributed by atoms with Gasteiger partial charge in [0.25, 0.3) is 5.91 Å². The van der Waals surface area contributed by atoms with Gasteiger partial charge >= 0.3 is 6.03 Å². The summed E-state index contributed by atoms with van der Waals surface area (Å²) in [6.07, 6.45) is 1.15. The summed E-state index contributed by atoms with van der Waals surface area (Å²) in [4.78, 5) is 36.1. The largest absolute Gasteiger partial charge is 0.508 e. The molecule has 2 N–H and O–H groups in total. The number of amides is 3. The molecule has 2 aromatic carbocycles. The monoisotopic (exact) mass is 510 g/mol. The van der Waals surface area contributed by atoms with Crippen LogP contribution in [0.2, 0.25) is 0 Å². The number of nitrogens with one attached hydrogen (secondary N) is 1. The van der Waals surface area contributed by atoms with E-state index >= 15 is 0 Å². The number of fused-ring (bicyclic) bond motifs is 4. The molecule has 172 valence electrons. The molecule has 1 aromatic heterocycles. The molecule has 3 heterocycles. The van der Waals surface area contributed by atoms with Crippen molar-refractivity contribution in [1.82, 2.24) is 19.7 Å². The van der Waals surface area contributed by atoms with Gasteiger partial charge in [-0.3, -0.25) is 14.6 Å². The fourth-order valence-corrected chi connectivity index (χ4v) is 5.63. The summed E-state index contributed by atoms with van der Waals surface area (Å²) in [5, 5.41) is 11.2. The van der Waals surface area contributed by atoms with Gasteiger partial charge in [-0.1, -0.05) is 28.1 Å². The lowest BCUT2D eigenvalue weighted by atomic mass is 9.81. The number of rotatable bonds is 5. The molecule has 2 aliphatic heterocycles. The lowest BCUT2D eigenvalue weighted by molar-refractivity contribution is -0.133. The second-order valence-electron chi connectivity index (χ2n) is 9.42. The van der Waals surface area contributed by atoms with Crippen LogP contribution in [0.3, 0.4) is 0 Å². The molecular weight excluding hydrogens is 484 g/mol. The van der Waals surface area contributed by atoms with Crippen LogP contribution in [0.1, 0.15) is 36.2 Å². The smallest absolute Gasteiger partial charge is 0.328 e. The number of carbonyl (C=O) groups excluding carboxylic acids is 2. The number of hydrogen-bond donors (Lipinski definition) is 2. The van der Waals surface area contributed by atoms with E-state index in [2.05, 4.69) is 27.0 Å². The summed E-state index contributed by atoms with van der Waals surface area (Å²) in [5.74, 6) is -0.0348. The summed E-state index contributed by atoms with van der Waals surface area (Å²) >= 11 is 3.56. The van der Waals surface area contributed by atoms with E-state index in [1.165, 1.54) is 4.90 Å². The number of carbonyl (C=O) groups is 2. The Morgan fingerprint density at radius 1 is 1.21 bits per heavy atom. The Kier molecular flexibility index (Phi) is 5.25. The van der Waals surface area contributed by atoms with Gasteiger partial charge in [-0.2, -0.15) is 0 Å². The molecule has 1 saturated heterocycles. The van der Waals surface area contributed by atoms with Crippen molar-refractivity contribution in [3.63, 3.8) is 0 Å². The van der Waals surface area contributed by atoms with Crippen LogP contribution in [0.5, 0.6) is 5.75 Å². The molecule has 3 aromatic rings. The third-order valence-electron chi connectivity index (χ3n) is 6.80. The van der Waals surface area contributed by atoms with Gasteiger partial charge in [0.1, 0.15) is 17.3 Å². The first-order valence-electron chi connectivity index (χ1n) is 11.1. The molecule has 0 saturated carbocycles. The number of urea groups is 1. The molecule has 33 heavy (non-hydrogen) atoms. The van der Waals surface area contributed by atoms with E-state index < -0.39 is 11.6 Å². The highest BCUT2D eigenvalue weighted by Gasteiger charge is 2.60. The van der Waals surface area contributed by atoms with Crippen molar-refractivity contribution in [3.05, 3.63) is 63.8 Å². The fraction of sp³-hybridized carbons (Fsp3) is 0.360. The van der Waals surface area contributed by atoms with Crippen molar-refractivity contribution in [2.45, 2.75) is 31.3 Å². The molecule has 0 unspecified atom stereocenters. The van der Waals surface area contributed by atoms with Crippen molar-refractivity contribution >= 4 is 38.8 Å². The number of benzene rings is 2. The van der Waals surface area contributed by atoms with Gasteiger partial charge in [-0.15, -0.1) is 0 Å². The van der Waals surface area contributed by atoms with Crippen LogP contribution < -0.4 is 0 Å². The average molecular weight is 511 g/mol. The van der Waals surface area contributed by atoms with Crippen LogP contribution in [-0.4, -0.2) is 69.5 Å². The topological polar surface area (TPSA) is 79.9 Å². The number of hydrogen-bond acceptors (Lipinski definition) is 4. The lowest BCUT2D eigenvalue weighted by Crippen LogP contribution is -2.53. The van der Waals surface area contributed by atoms with Gasteiger partial charge in [0.05, 0.1) is 0 Å². The first kappa shape index (κ1) is 22.0. The lowest BCUT2D eigenvalue weighted by Gasteiger charge is -2.42. The molecule has 1 fully saturated rings. The number of phenols is 1. The maximum Gasteiger partial charge on any atom is 0.328 e. The number of nitrogens with zero attached hydrogens (tertiary/aromatic N) is 3. The Morgan fingerprint density at radius 2 is 2.00 bits per heavy atom. The summed E-state index contributed by atoms with van der Waals surface area (Å²) in [6.45, 7) is 3.05. The molecular formula is C25H27BrN4O3. The minimum Gasteiger partial charge on any atom is -0.508 e. The maximum absolute atomic E-state index is 13.7. The van der Waals surface area contributed by atoms with Crippen LogP contribution in [-0.2, 0) is 11.2 Å². The predicted molar refractivity (Wildman–Crippen MR) is 130 cm³/mol. The normalized spacial score (nSPS) is 22.4. The molecule has 0 spiro atoms. The third-order valence-corrected chi connectivity index (χ3v) is 7.29. The quantitative estimate of drug-likeness (QED) is 0.502. The molecule has 8 heteroatoms. The molecule has 2 aliphatic rings. The van der Waals surface area contributed by atoms with E-state index in [1.807, 2.05) is 44.1 Å². The number of imide groups is 1. The van der Waals surface area contributed by atoms with Gasteiger partial charge in [0, 0.05) is 34.0 Å². The van der Waals surface area contributed by atoms with Crippen molar-refractivity contribution in [2.24, 2.45) is 0 Å². The van der Waals surface area contributed by atoms with E-state index in [1.54, 1.807) is 23.1 Å². The number of H-pyrrole nitrogens is 1. The van der Waals surface area contributed by atoms with Crippen LogP contribution in [0.4, 0.5) is 4.79 Å². The van der Waals surface area contributed by atoms with Crippen LogP contribution >= 0.6 is 15.9 Å². The molecule has 2 atom stereocenters. The number of aromatic amines is 1. The second-order valence-corrected chi connectivity index (χ2v) is 10.3. The number of phenolic OH excluding ortho intramolecular Hbond substituents is 1. The van der Waals surface area contributed by atoms with E-state index in [9.17, 15) is 14.7 Å². The fourth-order valence-electron chi connectivity index (χ4n) is 5.27. The Labute approximate surface area is 201 Å². The van der Waals surface area contributed by atoms with Crippen molar-refractivity contribution in [3.8, 4) is 5.75 Å². The minimum atomic E-state index is -1.00. The molecule has 0 bridgehead atoms. The summed E-state index contributed by atoms with van der Waals surface area (Å²) in [7, 11) is 3.96. The summed E-state index contributed by atoms with van der Waals surface area (Å²) in [6, 6.07) is 12.2. The molecule has 5 rings (SSSR count). The highest BCUT2D eigenvalue weighted by molar-refractivity contribution is 9.10. The Morgan fingerprint density at radius 3 is 2.73 bits per heavy atom. The third kappa shape index (κ3) is 3.43. The second kappa shape index (κ2) is 7.88. The van der Waals surface area contributed by atoms with Gasteiger partial charge in [-0.25, -0.2) is 4.79 Å².